The minimum atomic E-state index is -0.777. The Morgan fingerprint density at radius 3 is 2.31 bits per heavy atom. The van der Waals surface area contributed by atoms with Gasteiger partial charge >= 0.3 is 0 Å². The van der Waals surface area contributed by atoms with E-state index in [9.17, 15) is 15.3 Å². The molecule has 35 heavy (non-hydrogen) atoms. The number of aromatic nitrogens is 3. The van der Waals surface area contributed by atoms with Crippen LogP contribution in [-0.2, 0) is 18.6 Å². The van der Waals surface area contributed by atoms with Crippen molar-refractivity contribution in [3.63, 3.8) is 0 Å². The number of hydrogen-bond donors (Lipinski definition) is 3. The average Bonchev–Trinajstić information content (AvgIpc) is 3.20. The predicted molar refractivity (Wildman–Crippen MR) is 150 cm³/mol. The topological polar surface area (TPSA) is 110 Å². The van der Waals surface area contributed by atoms with Gasteiger partial charge in [0.15, 0.2) is 0 Å². The van der Waals surface area contributed by atoms with E-state index in [-0.39, 0.29) is 37.7 Å². The lowest BCUT2D eigenvalue weighted by Gasteiger charge is -2.27. The second kappa shape index (κ2) is 12.9. The standard InChI is InChI=1S/C24H28ClI2N3O5/c1-24(2,16-5-8-22(20(26)9-16)35-13-17(32)10-25)15-3-6-19(7-4-15)34-14-18(33)11-30-23(27)21(12-31)28-29-30/h3-9,17-18,31-33H,10-14H2,1-2H3/t17-,18-/m1/s1/i26-4. The van der Waals surface area contributed by atoms with Gasteiger partial charge in [0, 0.05) is 5.41 Å². The van der Waals surface area contributed by atoms with Crippen LogP contribution in [0.2, 0.25) is 0 Å². The molecular formula is C24H28ClI2N3O5. The molecule has 8 nitrogen and oxygen atoms in total. The number of alkyl halides is 1. The molecule has 3 aromatic rings. The Balaban J connectivity index is 1.60. The summed E-state index contributed by atoms with van der Waals surface area (Å²) in [6.45, 7) is 4.58. The molecule has 0 aliphatic heterocycles. The zero-order chi connectivity index (χ0) is 25.6. The number of halogens is 3. The van der Waals surface area contributed by atoms with Crippen molar-refractivity contribution in [1.29, 1.82) is 0 Å². The highest BCUT2D eigenvalue weighted by Crippen LogP contribution is 2.35. The van der Waals surface area contributed by atoms with Crippen LogP contribution in [0, 0.1) is 7.27 Å². The Kier molecular flexibility index (Phi) is 10.4. The molecule has 0 amide bonds. The molecule has 2 aromatic carbocycles. The van der Waals surface area contributed by atoms with Gasteiger partial charge in [0.05, 0.1) is 22.6 Å². The minimum Gasteiger partial charge on any atom is -0.491 e. The number of nitrogens with zero attached hydrogens (tertiary/aromatic N) is 3. The number of hydrogen-bond acceptors (Lipinski definition) is 7. The fourth-order valence-electron chi connectivity index (χ4n) is 3.37. The summed E-state index contributed by atoms with van der Waals surface area (Å²) in [4.78, 5) is 0. The third kappa shape index (κ3) is 7.41. The van der Waals surface area contributed by atoms with E-state index >= 15 is 0 Å². The summed E-state index contributed by atoms with van der Waals surface area (Å²) in [5.41, 5.74) is 2.46. The highest BCUT2D eigenvalue weighted by atomic mass is 127. The second-order valence-electron chi connectivity index (χ2n) is 8.55. The van der Waals surface area contributed by atoms with Crippen molar-refractivity contribution in [2.45, 2.75) is 44.6 Å². The van der Waals surface area contributed by atoms with Gasteiger partial charge in [-0.1, -0.05) is 37.3 Å². The van der Waals surface area contributed by atoms with Gasteiger partial charge in [0.2, 0.25) is 0 Å². The third-order valence-corrected chi connectivity index (χ3v) is 7.93. The molecule has 1 aromatic heterocycles. The number of rotatable bonds is 12. The van der Waals surface area contributed by atoms with Gasteiger partial charge in [-0.05, 0) is 80.6 Å². The van der Waals surface area contributed by atoms with Crippen molar-refractivity contribution < 1.29 is 24.8 Å². The van der Waals surface area contributed by atoms with Crippen LogP contribution in [-0.4, -0.2) is 61.6 Å². The smallest absolute Gasteiger partial charge is 0.132 e. The molecule has 3 N–H and O–H groups in total. The van der Waals surface area contributed by atoms with Crippen LogP contribution in [0.15, 0.2) is 42.5 Å². The fraction of sp³-hybridized carbons (Fsp3) is 0.417. The summed E-state index contributed by atoms with van der Waals surface area (Å²) in [5.74, 6) is 1.50. The largest absolute Gasteiger partial charge is 0.491 e. The van der Waals surface area contributed by atoms with Crippen molar-refractivity contribution >= 4 is 56.8 Å². The highest BCUT2D eigenvalue weighted by molar-refractivity contribution is 14.1. The summed E-state index contributed by atoms with van der Waals surface area (Å²) in [7, 11) is 0. The molecular weight excluding hydrogens is 696 g/mol. The lowest BCUT2D eigenvalue weighted by atomic mass is 9.78. The molecule has 0 saturated carbocycles. The zero-order valence-electron chi connectivity index (χ0n) is 19.4. The molecule has 190 valence electrons. The van der Waals surface area contributed by atoms with Crippen molar-refractivity contribution in [3.8, 4) is 11.5 Å². The Bertz CT molecular complexity index is 1110. The Hall–Kier alpha value is -1.19. The zero-order valence-corrected chi connectivity index (χ0v) is 24.4. The molecule has 0 spiro atoms. The molecule has 0 radical (unpaired) electrons. The third-order valence-electron chi connectivity index (χ3n) is 5.55. The van der Waals surface area contributed by atoms with Gasteiger partial charge in [0.25, 0.3) is 0 Å². The molecule has 0 saturated heterocycles. The number of benzene rings is 2. The maximum absolute atomic E-state index is 10.3. The van der Waals surface area contributed by atoms with Crippen LogP contribution in [0.1, 0.15) is 30.7 Å². The number of aliphatic hydroxyl groups is 3. The van der Waals surface area contributed by atoms with E-state index < -0.39 is 12.2 Å². The Morgan fingerprint density at radius 1 is 1.06 bits per heavy atom. The highest BCUT2D eigenvalue weighted by Gasteiger charge is 2.24. The number of aliphatic hydroxyl groups excluding tert-OH is 3. The van der Waals surface area contributed by atoms with Gasteiger partial charge in [-0.15, -0.1) is 16.7 Å². The molecule has 3 rings (SSSR count). The van der Waals surface area contributed by atoms with E-state index in [0.29, 0.717) is 20.9 Å². The molecule has 11 heteroatoms. The maximum Gasteiger partial charge on any atom is 0.132 e. The van der Waals surface area contributed by atoms with E-state index in [2.05, 4.69) is 52.8 Å². The van der Waals surface area contributed by atoms with Crippen LogP contribution < -0.4 is 9.47 Å². The average molecular weight is 724 g/mol. The molecule has 1 heterocycles. The van der Waals surface area contributed by atoms with E-state index in [4.69, 9.17) is 21.1 Å². The van der Waals surface area contributed by atoms with Gasteiger partial charge < -0.3 is 24.8 Å². The van der Waals surface area contributed by atoms with Crippen molar-refractivity contribution in [3.05, 3.63) is 66.6 Å². The predicted octanol–water partition coefficient (Wildman–Crippen LogP) is 3.72. The SMILES string of the molecule is CC(C)(c1ccc(OC[C@H](O)Cn2nnc(CO)c2I)cc1)c1ccc(OC[C@H](O)CCl)c([123I])c1. The Morgan fingerprint density at radius 2 is 1.71 bits per heavy atom. The number of ether oxygens (including phenoxy) is 2. The molecule has 0 aliphatic rings. The second-order valence-corrected chi connectivity index (χ2v) is 11.0. The normalized spacial score (nSPS) is 13.5. The fourth-order valence-corrected chi connectivity index (χ4v) is 4.70. The molecule has 0 fully saturated rings. The first-order valence-corrected chi connectivity index (χ1v) is 13.6. The van der Waals surface area contributed by atoms with Crippen molar-refractivity contribution in [2.75, 3.05) is 19.1 Å². The molecule has 0 bridgehead atoms. The minimum absolute atomic E-state index is 0.102. The molecule has 0 unspecified atom stereocenters. The monoisotopic (exact) mass is 723 g/mol. The lowest BCUT2D eigenvalue weighted by Crippen LogP contribution is -2.25. The van der Waals surface area contributed by atoms with E-state index in [0.717, 1.165) is 14.7 Å². The van der Waals surface area contributed by atoms with E-state index in [1.165, 1.54) is 0 Å². The quantitative estimate of drug-likeness (QED) is 0.193. The molecule has 2 atom stereocenters. The Labute approximate surface area is 236 Å². The van der Waals surface area contributed by atoms with Crippen LogP contribution in [0.3, 0.4) is 0 Å². The maximum atomic E-state index is 10.3. The van der Waals surface area contributed by atoms with E-state index in [1.807, 2.05) is 59.0 Å². The van der Waals surface area contributed by atoms with E-state index in [1.54, 1.807) is 4.68 Å². The summed E-state index contributed by atoms with van der Waals surface area (Å²) in [6.07, 6.45) is -1.47. The first kappa shape index (κ1) is 28.4. The van der Waals surface area contributed by atoms with Crippen molar-refractivity contribution in [2.24, 2.45) is 0 Å². The van der Waals surface area contributed by atoms with Gasteiger partial charge in [-0.25, -0.2) is 4.68 Å². The first-order valence-electron chi connectivity index (χ1n) is 10.9. The summed E-state index contributed by atoms with van der Waals surface area (Å²) < 4.78 is 14.6. The van der Waals surface area contributed by atoms with Crippen LogP contribution >= 0.6 is 56.8 Å². The first-order chi connectivity index (χ1) is 16.6. The van der Waals surface area contributed by atoms with Crippen LogP contribution in [0.5, 0.6) is 11.5 Å². The van der Waals surface area contributed by atoms with Gasteiger partial charge in [0.1, 0.15) is 46.3 Å². The van der Waals surface area contributed by atoms with Crippen LogP contribution in [0.25, 0.3) is 0 Å². The van der Waals surface area contributed by atoms with Crippen LogP contribution in [0.4, 0.5) is 0 Å². The summed E-state index contributed by atoms with van der Waals surface area (Å²) in [5, 5.41) is 37.0. The molecule has 0 aliphatic carbocycles. The lowest BCUT2D eigenvalue weighted by molar-refractivity contribution is 0.0881. The summed E-state index contributed by atoms with van der Waals surface area (Å²) in [6, 6.07) is 13.8. The van der Waals surface area contributed by atoms with Gasteiger partial charge in [-0.2, -0.15) is 0 Å². The van der Waals surface area contributed by atoms with Crippen molar-refractivity contribution in [1.82, 2.24) is 15.0 Å². The van der Waals surface area contributed by atoms with Gasteiger partial charge in [-0.3, -0.25) is 0 Å². The summed E-state index contributed by atoms with van der Waals surface area (Å²) >= 11 is 9.91.